The van der Waals surface area contributed by atoms with Crippen molar-refractivity contribution in [2.24, 2.45) is 0 Å². The minimum atomic E-state index is 0.193. The molecule has 2 saturated carbocycles. The van der Waals surface area contributed by atoms with Crippen molar-refractivity contribution in [3.8, 4) is 28.5 Å². The average Bonchev–Trinajstić information content (AvgIpc) is 2.97. The highest BCUT2D eigenvalue weighted by atomic mass is 35.5. The van der Waals surface area contributed by atoms with Crippen molar-refractivity contribution in [3.05, 3.63) is 70.7 Å². The SMILES string of the molecule is Cc1ccc(-c2cc(-c3ccc(Cl)cc3)c(C#N)c(SCC(=O)N(C3CCCCC3)C3CCCCC3)n2)cc1. The maximum absolute atomic E-state index is 13.9. The third-order valence-corrected chi connectivity index (χ3v) is 9.37. The zero-order chi connectivity index (χ0) is 27.2. The molecule has 6 heteroatoms. The van der Waals surface area contributed by atoms with Crippen molar-refractivity contribution < 1.29 is 4.79 Å². The third-order valence-electron chi connectivity index (χ3n) is 8.16. The highest BCUT2D eigenvalue weighted by Gasteiger charge is 2.32. The largest absolute Gasteiger partial charge is 0.336 e. The topological polar surface area (TPSA) is 57.0 Å². The van der Waals surface area contributed by atoms with Crippen molar-refractivity contribution in [2.45, 2.75) is 88.2 Å². The predicted molar refractivity (Wildman–Crippen MR) is 161 cm³/mol. The van der Waals surface area contributed by atoms with E-state index in [9.17, 15) is 10.1 Å². The molecule has 1 aromatic heterocycles. The normalized spacial score (nSPS) is 16.5. The summed E-state index contributed by atoms with van der Waals surface area (Å²) in [7, 11) is 0. The van der Waals surface area contributed by atoms with Gasteiger partial charge in [-0.15, -0.1) is 0 Å². The summed E-state index contributed by atoms with van der Waals surface area (Å²) in [5.74, 6) is 0.491. The lowest BCUT2D eigenvalue weighted by atomic mass is 9.88. The lowest BCUT2D eigenvalue weighted by Crippen LogP contribution is -2.49. The first-order valence-corrected chi connectivity index (χ1v) is 15.6. The highest BCUT2D eigenvalue weighted by Crippen LogP contribution is 2.36. The Balaban J connectivity index is 1.48. The molecule has 2 aromatic carbocycles. The number of hydrogen-bond donors (Lipinski definition) is 0. The van der Waals surface area contributed by atoms with Crippen LogP contribution in [-0.4, -0.2) is 33.6 Å². The lowest BCUT2D eigenvalue weighted by Gasteiger charge is -2.41. The smallest absolute Gasteiger partial charge is 0.233 e. The molecule has 0 spiro atoms. The van der Waals surface area contributed by atoms with E-state index in [0.29, 0.717) is 33.4 Å². The maximum Gasteiger partial charge on any atom is 0.233 e. The number of nitrogens with zero attached hydrogens (tertiary/aromatic N) is 3. The summed E-state index contributed by atoms with van der Waals surface area (Å²) in [6.45, 7) is 2.06. The number of halogens is 1. The van der Waals surface area contributed by atoms with E-state index in [-0.39, 0.29) is 5.91 Å². The number of pyridine rings is 1. The van der Waals surface area contributed by atoms with E-state index in [1.165, 1.54) is 55.9 Å². The molecule has 3 aromatic rings. The van der Waals surface area contributed by atoms with Gasteiger partial charge in [0.15, 0.2) is 0 Å². The molecule has 2 fully saturated rings. The van der Waals surface area contributed by atoms with Crippen LogP contribution in [0.3, 0.4) is 0 Å². The molecule has 0 unspecified atom stereocenters. The van der Waals surface area contributed by atoms with Gasteiger partial charge in [0.05, 0.1) is 17.0 Å². The fourth-order valence-corrected chi connectivity index (χ4v) is 7.09. The Morgan fingerprint density at radius 2 is 1.49 bits per heavy atom. The van der Waals surface area contributed by atoms with Crippen LogP contribution in [0.5, 0.6) is 0 Å². The standard InChI is InChI=1S/C33H36ClN3OS/c1-23-12-14-25(15-13-23)31-20-29(24-16-18-26(34)19-17-24)30(21-35)33(36-31)39-22-32(38)37(27-8-4-2-5-9-27)28-10-6-3-7-11-28/h12-20,27-28H,2-11,22H2,1H3. The summed E-state index contributed by atoms with van der Waals surface area (Å²) in [6, 6.07) is 20.9. The maximum atomic E-state index is 13.9. The van der Waals surface area contributed by atoms with Gasteiger partial charge in [0.1, 0.15) is 11.1 Å². The summed E-state index contributed by atoms with van der Waals surface area (Å²) in [5.41, 5.74) is 5.19. The Morgan fingerprint density at radius 3 is 2.05 bits per heavy atom. The van der Waals surface area contributed by atoms with Crippen LogP contribution in [0.4, 0.5) is 0 Å². The monoisotopic (exact) mass is 557 g/mol. The summed E-state index contributed by atoms with van der Waals surface area (Å²) < 4.78 is 0. The van der Waals surface area contributed by atoms with Crippen LogP contribution < -0.4 is 0 Å². The predicted octanol–water partition coefficient (Wildman–Crippen LogP) is 8.84. The zero-order valence-electron chi connectivity index (χ0n) is 22.7. The molecule has 4 nitrogen and oxygen atoms in total. The van der Waals surface area contributed by atoms with Gasteiger partial charge in [0.2, 0.25) is 5.91 Å². The molecule has 0 aliphatic heterocycles. The summed E-state index contributed by atoms with van der Waals surface area (Å²) in [6.07, 6.45) is 11.8. The fourth-order valence-electron chi connectivity index (χ4n) is 6.09. The summed E-state index contributed by atoms with van der Waals surface area (Å²) >= 11 is 7.57. The number of carbonyl (C=O) groups is 1. The molecular weight excluding hydrogens is 522 g/mol. The number of hydrogen-bond acceptors (Lipinski definition) is 4. The first-order chi connectivity index (χ1) is 19.0. The second-order valence-electron chi connectivity index (χ2n) is 10.9. The van der Waals surface area contributed by atoms with Crippen molar-refractivity contribution in [3.63, 3.8) is 0 Å². The molecule has 0 radical (unpaired) electrons. The summed E-state index contributed by atoms with van der Waals surface area (Å²) in [5, 5.41) is 11.5. The Bertz CT molecular complexity index is 1300. The Kier molecular flexibility index (Phi) is 9.27. The molecular formula is C33H36ClN3OS. The molecule has 5 rings (SSSR count). The van der Waals surface area contributed by atoms with E-state index in [2.05, 4.69) is 42.2 Å². The number of amides is 1. The number of benzene rings is 2. The van der Waals surface area contributed by atoms with Gasteiger partial charge in [-0.1, -0.05) is 104 Å². The number of nitriles is 1. The molecule has 1 amide bonds. The molecule has 0 N–H and O–H groups in total. The van der Waals surface area contributed by atoms with Crippen molar-refractivity contribution >= 4 is 29.3 Å². The Morgan fingerprint density at radius 1 is 0.923 bits per heavy atom. The van der Waals surface area contributed by atoms with E-state index >= 15 is 0 Å². The number of carbonyl (C=O) groups excluding carboxylic acids is 1. The number of aryl methyl sites for hydroxylation is 1. The van der Waals surface area contributed by atoms with Crippen molar-refractivity contribution in [2.75, 3.05) is 5.75 Å². The number of rotatable bonds is 7. The van der Waals surface area contributed by atoms with E-state index in [0.717, 1.165) is 48.1 Å². The van der Waals surface area contributed by atoms with Gasteiger partial charge in [-0.2, -0.15) is 5.26 Å². The van der Waals surface area contributed by atoms with Crippen molar-refractivity contribution in [1.29, 1.82) is 5.26 Å². The van der Waals surface area contributed by atoms with Gasteiger partial charge in [-0.3, -0.25) is 4.79 Å². The second kappa shape index (κ2) is 13.0. The van der Waals surface area contributed by atoms with E-state index < -0.39 is 0 Å². The molecule has 202 valence electrons. The van der Waals surface area contributed by atoms with Gasteiger partial charge in [-0.25, -0.2) is 4.98 Å². The first kappa shape index (κ1) is 27.7. The van der Waals surface area contributed by atoms with E-state index in [4.69, 9.17) is 16.6 Å². The molecule has 2 aliphatic rings. The Labute approximate surface area is 241 Å². The Hall–Kier alpha value is -2.81. The summed E-state index contributed by atoms with van der Waals surface area (Å²) in [4.78, 5) is 21.1. The van der Waals surface area contributed by atoms with Gasteiger partial charge >= 0.3 is 0 Å². The lowest BCUT2D eigenvalue weighted by molar-refractivity contribution is -0.135. The minimum Gasteiger partial charge on any atom is -0.336 e. The van der Waals surface area contributed by atoms with Gasteiger partial charge in [0, 0.05) is 28.2 Å². The zero-order valence-corrected chi connectivity index (χ0v) is 24.2. The van der Waals surface area contributed by atoms with E-state index in [1.807, 2.05) is 30.3 Å². The average molecular weight is 558 g/mol. The van der Waals surface area contributed by atoms with Crippen LogP contribution in [0.1, 0.15) is 75.3 Å². The molecule has 1 heterocycles. The second-order valence-corrected chi connectivity index (χ2v) is 12.3. The van der Waals surface area contributed by atoms with Gasteiger partial charge in [0.25, 0.3) is 0 Å². The third kappa shape index (κ3) is 6.68. The molecule has 0 saturated heterocycles. The van der Waals surface area contributed by atoms with Crippen LogP contribution in [-0.2, 0) is 4.79 Å². The minimum absolute atomic E-state index is 0.193. The number of aromatic nitrogens is 1. The van der Waals surface area contributed by atoms with Crippen LogP contribution >= 0.6 is 23.4 Å². The number of thioether (sulfide) groups is 1. The van der Waals surface area contributed by atoms with Crippen LogP contribution in [0.2, 0.25) is 5.02 Å². The van der Waals surface area contributed by atoms with Gasteiger partial charge in [-0.05, 0) is 56.4 Å². The van der Waals surface area contributed by atoms with Crippen LogP contribution in [0.25, 0.3) is 22.4 Å². The van der Waals surface area contributed by atoms with E-state index in [1.54, 1.807) is 0 Å². The molecule has 0 bridgehead atoms. The van der Waals surface area contributed by atoms with Crippen LogP contribution in [0.15, 0.2) is 59.6 Å². The molecule has 39 heavy (non-hydrogen) atoms. The fraction of sp³-hybridized carbons (Fsp3) is 0.424. The van der Waals surface area contributed by atoms with Crippen LogP contribution in [0, 0.1) is 18.3 Å². The quantitative estimate of drug-likeness (QED) is 0.272. The highest BCUT2D eigenvalue weighted by molar-refractivity contribution is 8.00. The first-order valence-electron chi connectivity index (χ1n) is 14.3. The van der Waals surface area contributed by atoms with Crippen molar-refractivity contribution in [1.82, 2.24) is 9.88 Å². The molecule has 2 aliphatic carbocycles. The van der Waals surface area contributed by atoms with Gasteiger partial charge < -0.3 is 4.90 Å². The molecule has 0 atom stereocenters.